The summed E-state index contributed by atoms with van der Waals surface area (Å²) in [6, 6.07) is -1.30. The van der Waals surface area contributed by atoms with Gasteiger partial charge < -0.3 is 20.9 Å². The highest BCUT2D eigenvalue weighted by molar-refractivity contribution is 5.88. The summed E-state index contributed by atoms with van der Waals surface area (Å²) in [4.78, 5) is 32.3. The molecule has 7 nitrogen and oxygen atoms in total. The number of carboxylic acid groups (broad SMARTS) is 1. The Hall–Kier alpha value is -1.63. The highest BCUT2D eigenvalue weighted by Crippen LogP contribution is 1.92. The van der Waals surface area contributed by atoms with E-state index in [0.717, 1.165) is 6.42 Å². The number of nitrogens with one attached hydrogen (secondary N) is 1. The number of hydrogen-bond acceptors (Lipinski definition) is 4. The van der Waals surface area contributed by atoms with Crippen LogP contribution in [-0.4, -0.2) is 42.1 Å². The van der Waals surface area contributed by atoms with Gasteiger partial charge in [0.15, 0.2) is 0 Å². The molecular formula is C9H16N2O5. The van der Waals surface area contributed by atoms with Gasteiger partial charge >= 0.3 is 5.97 Å². The van der Waals surface area contributed by atoms with Gasteiger partial charge in [0.1, 0.15) is 12.6 Å². The molecule has 0 radical (unpaired) electrons. The smallest absolute Gasteiger partial charge is 0.326 e. The Bertz CT molecular complexity index is 267. The summed E-state index contributed by atoms with van der Waals surface area (Å²) in [5, 5.41) is 10.8. The van der Waals surface area contributed by atoms with Crippen molar-refractivity contribution in [3.63, 3.8) is 0 Å². The van der Waals surface area contributed by atoms with Crippen LogP contribution in [0, 0.1) is 0 Å². The van der Waals surface area contributed by atoms with Crippen molar-refractivity contribution in [2.24, 2.45) is 5.73 Å². The van der Waals surface area contributed by atoms with E-state index in [2.05, 4.69) is 5.32 Å². The summed E-state index contributed by atoms with van der Waals surface area (Å²) in [7, 11) is 0. The number of aliphatic carboxylic acids is 1. The van der Waals surface area contributed by atoms with E-state index in [9.17, 15) is 14.4 Å². The molecule has 0 saturated carbocycles. The molecule has 2 amide bonds. The topological polar surface area (TPSA) is 119 Å². The minimum absolute atomic E-state index is 0.226. The molecule has 4 N–H and O–H groups in total. The van der Waals surface area contributed by atoms with Gasteiger partial charge in [-0.3, -0.25) is 9.59 Å². The second-order valence-corrected chi connectivity index (χ2v) is 3.18. The number of carboxylic acids is 1. The lowest BCUT2D eigenvalue weighted by atomic mass is 10.2. The van der Waals surface area contributed by atoms with E-state index in [4.69, 9.17) is 15.6 Å². The third-order valence-corrected chi connectivity index (χ3v) is 1.62. The zero-order valence-electron chi connectivity index (χ0n) is 9.06. The fourth-order valence-electron chi connectivity index (χ4n) is 0.946. The van der Waals surface area contributed by atoms with E-state index >= 15 is 0 Å². The summed E-state index contributed by atoms with van der Waals surface area (Å²) in [5.74, 6) is -2.67. The normalized spacial score (nSPS) is 11.8. The van der Waals surface area contributed by atoms with Crippen molar-refractivity contribution >= 4 is 17.8 Å². The highest BCUT2D eigenvalue weighted by Gasteiger charge is 2.21. The third kappa shape index (κ3) is 6.77. The number of hydrogen-bond donors (Lipinski definition) is 3. The summed E-state index contributed by atoms with van der Waals surface area (Å²) in [6.45, 7) is 2.07. The Balaban J connectivity index is 4.03. The molecule has 1 atom stereocenters. The van der Waals surface area contributed by atoms with E-state index in [-0.39, 0.29) is 6.61 Å². The van der Waals surface area contributed by atoms with Gasteiger partial charge in [-0.05, 0) is 6.42 Å². The van der Waals surface area contributed by atoms with Gasteiger partial charge in [0.05, 0.1) is 6.42 Å². The van der Waals surface area contributed by atoms with Crippen LogP contribution < -0.4 is 11.1 Å². The predicted molar refractivity (Wildman–Crippen MR) is 54.5 cm³/mol. The van der Waals surface area contributed by atoms with Gasteiger partial charge in [-0.25, -0.2) is 4.79 Å². The van der Waals surface area contributed by atoms with Crippen molar-refractivity contribution in [2.45, 2.75) is 25.8 Å². The first kappa shape index (κ1) is 14.4. The lowest BCUT2D eigenvalue weighted by Gasteiger charge is -2.12. The van der Waals surface area contributed by atoms with E-state index in [1.54, 1.807) is 0 Å². The second kappa shape index (κ2) is 7.63. The molecule has 7 heteroatoms. The molecular weight excluding hydrogens is 216 g/mol. The van der Waals surface area contributed by atoms with Gasteiger partial charge in [-0.15, -0.1) is 0 Å². The summed E-state index contributed by atoms with van der Waals surface area (Å²) >= 11 is 0. The van der Waals surface area contributed by atoms with Crippen LogP contribution in [0.3, 0.4) is 0 Å². The van der Waals surface area contributed by atoms with Crippen molar-refractivity contribution in [3.8, 4) is 0 Å². The lowest BCUT2D eigenvalue weighted by Crippen LogP contribution is -2.44. The molecule has 0 aromatic rings. The van der Waals surface area contributed by atoms with E-state index < -0.39 is 30.2 Å². The Labute approximate surface area is 92.9 Å². The van der Waals surface area contributed by atoms with E-state index in [0.29, 0.717) is 6.61 Å². The predicted octanol–water partition coefficient (Wildman–Crippen LogP) is -1.14. The number of amides is 2. The van der Waals surface area contributed by atoms with Gasteiger partial charge in [0.2, 0.25) is 11.8 Å². The maximum absolute atomic E-state index is 11.2. The minimum Gasteiger partial charge on any atom is -0.480 e. The molecule has 0 aliphatic carbocycles. The standard InChI is InChI=1S/C9H16N2O5/c1-2-3-16-5-8(13)11-6(9(14)15)4-7(10)12/h6H,2-5H2,1H3,(H2,10,12)(H,11,13)(H,14,15). The van der Waals surface area contributed by atoms with Gasteiger partial charge in [-0.2, -0.15) is 0 Å². The maximum atomic E-state index is 11.2. The summed E-state index contributed by atoms with van der Waals surface area (Å²) in [5.41, 5.74) is 4.84. The molecule has 0 spiro atoms. The molecule has 0 bridgehead atoms. The molecule has 0 heterocycles. The zero-order valence-corrected chi connectivity index (χ0v) is 9.06. The maximum Gasteiger partial charge on any atom is 0.326 e. The van der Waals surface area contributed by atoms with Crippen LogP contribution in [0.5, 0.6) is 0 Å². The van der Waals surface area contributed by atoms with Crippen LogP contribution in [0.25, 0.3) is 0 Å². The molecule has 0 aliphatic rings. The van der Waals surface area contributed by atoms with E-state index in [1.807, 2.05) is 6.92 Å². The van der Waals surface area contributed by atoms with Crippen molar-refractivity contribution < 1.29 is 24.2 Å². The fraction of sp³-hybridized carbons (Fsp3) is 0.667. The minimum atomic E-state index is -1.30. The first-order valence-corrected chi connectivity index (χ1v) is 4.85. The molecule has 0 aliphatic heterocycles. The zero-order chi connectivity index (χ0) is 12.6. The first-order chi connectivity index (χ1) is 7.47. The van der Waals surface area contributed by atoms with Gasteiger partial charge in [-0.1, -0.05) is 6.92 Å². The van der Waals surface area contributed by atoms with E-state index in [1.165, 1.54) is 0 Å². The van der Waals surface area contributed by atoms with Gasteiger partial charge in [0.25, 0.3) is 0 Å². The highest BCUT2D eigenvalue weighted by atomic mass is 16.5. The van der Waals surface area contributed by atoms with Crippen LogP contribution in [0.1, 0.15) is 19.8 Å². The van der Waals surface area contributed by atoms with Crippen LogP contribution in [0.15, 0.2) is 0 Å². The molecule has 0 fully saturated rings. The summed E-state index contributed by atoms with van der Waals surface area (Å²) < 4.78 is 4.91. The van der Waals surface area contributed by atoms with Crippen LogP contribution in [-0.2, 0) is 19.1 Å². The SMILES string of the molecule is CCCOCC(=O)NC(CC(N)=O)C(=O)O. The number of carbonyl (C=O) groups is 3. The monoisotopic (exact) mass is 232 g/mol. The molecule has 1 unspecified atom stereocenters. The largest absolute Gasteiger partial charge is 0.480 e. The molecule has 0 saturated heterocycles. The average Bonchev–Trinajstić information content (AvgIpc) is 2.16. The van der Waals surface area contributed by atoms with Crippen molar-refractivity contribution in [1.82, 2.24) is 5.32 Å². The van der Waals surface area contributed by atoms with Crippen molar-refractivity contribution in [1.29, 1.82) is 0 Å². The molecule has 16 heavy (non-hydrogen) atoms. The average molecular weight is 232 g/mol. The molecule has 0 aromatic carbocycles. The van der Waals surface area contributed by atoms with Crippen molar-refractivity contribution in [3.05, 3.63) is 0 Å². The second-order valence-electron chi connectivity index (χ2n) is 3.18. The molecule has 92 valence electrons. The van der Waals surface area contributed by atoms with Crippen LogP contribution >= 0.6 is 0 Å². The Morgan fingerprint density at radius 2 is 2.06 bits per heavy atom. The van der Waals surface area contributed by atoms with Gasteiger partial charge in [0, 0.05) is 6.61 Å². The number of carbonyl (C=O) groups excluding carboxylic acids is 2. The Morgan fingerprint density at radius 1 is 1.44 bits per heavy atom. The van der Waals surface area contributed by atoms with Crippen LogP contribution in [0.2, 0.25) is 0 Å². The Kier molecular flexibility index (Phi) is 6.86. The number of ether oxygens (including phenoxy) is 1. The fourth-order valence-corrected chi connectivity index (χ4v) is 0.946. The molecule has 0 aromatic heterocycles. The first-order valence-electron chi connectivity index (χ1n) is 4.85. The number of primary amides is 1. The summed E-state index contributed by atoms with van der Waals surface area (Å²) in [6.07, 6.45) is 0.325. The Morgan fingerprint density at radius 3 is 2.50 bits per heavy atom. The van der Waals surface area contributed by atoms with Crippen molar-refractivity contribution in [2.75, 3.05) is 13.2 Å². The third-order valence-electron chi connectivity index (χ3n) is 1.62. The molecule has 0 rings (SSSR count). The quantitative estimate of drug-likeness (QED) is 0.457. The van der Waals surface area contributed by atoms with Crippen LogP contribution in [0.4, 0.5) is 0 Å². The lowest BCUT2D eigenvalue weighted by molar-refractivity contribution is -0.144. The number of rotatable bonds is 8. The number of nitrogens with two attached hydrogens (primary N) is 1.